The summed E-state index contributed by atoms with van der Waals surface area (Å²) >= 11 is 3.38. The molecule has 0 saturated carbocycles. The molecule has 0 aliphatic rings. The molecule has 0 atom stereocenters. The quantitative estimate of drug-likeness (QED) is 0.856. The Hall–Kier alpha value is -1.66. The van der Waals surface area contributed by atoms with E-state index < -0.39 is 0 Å². The molecule has 0 saturated heterocycles. The Morgan fingerprint density at radius 2 is 2.05 bits per heavy atom. The summed E-state index contributed by atoms with van der Waals surface area (Å²) in [5.41, 5.74) is 1.91. The van der Waals surface area contributed by atoms with Gasteiger partial charge in [-0.15, -0.1) is 0 Å². The van der Waals surface area contributed by atoms with Crippen molar-refractivity contribution in [3.63, 3.8) is 0 Å². The van der Waals surface area contributed by atoms with Gasteiger partial charge in [-0.2, -0.15) is 5.10 Å². The van der Waals surface area contributed by atoms with Crippen molar-refractivity contribution in [1.82, 2.24) is 14.7 Å². The van der Waals surface area contributed by atoms with Crippen LogP contribution in [0.3, 0.4) is 0 Å². The molecular formula is C16H21BrN4O. The molecule has 6 heteroatoms. The van der Waals surface area contributed by atoms with E-state index in [0.717, 1.165) is 15.7 Å². The molecule has 2 rings (SSSR count). The van der Waals surface area contributed by atoms with Gasteiger partial charge in [0.2, 0.25) is 5.91 Å². The zero-order chi connectivity index (χ0) is 16.1. The first kappa shape index (κ1) is 16.7. The van der Waals surface area contributed by atoms with Crippen LogP contribution in [0.1, 0.15) is 19.4 Å². The monoisotopic (exact) mass is 364 g/mol. The van der Waals surface area contributed by atoms with Crippen LogP contribution in [0.15, 0.2) is 41.1 Å². The lowest BCUT2D eigenvalue weighted by molar-refractivity contribution is -0.117. The SMILES string of the molecule is CC(C)N(CC(=O)Nc1ccc(Br)cc1)Cc1cnn(C)c1. The minimum atomic E-state index is -0.0140. The highest BCUT2D eigenvalue weighted by Gasteiger charge is 2.15. The van der Waals surface area contributed by atoms with Crippen molar-refractivity contribution < 1.29 is 4.79 Å². The largest absolute Gasteiger partial charge is 0.325 e. The van der Waals surface area contributed by atoms with Crippen LogP contribution in [0.5, 0.6) is 0 Å². The highest BCUT2D eigenvalue weighted by Crippen LogP contribution is 2.14. The predicted molar refractivity (Wildman–Crippen MR) is 91.5 cm³/mol. The molecule has 1 heterocycles. The average Bonchev–Trinajstić information content (AvgIpc) is 2.86. The van der Waals surface area contributed by atoms with Crippen molar-refractivity contribution in [1.29, 1.82) is 0 Å². The summed E-state index contributed by atoms with van der Waals surface area (Å²) in [6.45, 7) is 5.23. The van der Waals surface area contributed by atoms with Gasteiger partial charge in [-0.05, 0) is 38.1 Å². The van der Waals surface area contributed by atoms with Gasteiger partial charge in [0.25, 0.3) is 0 Å². The average molecular weight is 365 g/mol. The second kappa shape index (κ2) is 7.56. The number of hydrogen-bond donors (Lipinski definition) is 1. The Morgan fingerprint density at radius 3 is 2.59 bits per heavy atom. The van der Waals surface area contributed by atoms with Gasteiger partial charge in [0.05, 0.1) is 12.7 Å². The molecule has 0 radical (unpaired) electrons. The smallest absolute Gasteiger partial charge is 0.238 e. The van der Waals surface area contributed by atoms with Crippen molar-refractivity contribution in [3.05, 3.63) is 46.7 Å². The zero-order valence-electron chi connectivity index (χ0n) is 13.1. The molecule has 118 valence electrons. The summed E-state index contributed by atoms with van der Waals surface area (Å²) in [5.74, 6) is -0.0140. The first-order chi connectivity index (χ1) is 10.4. The number of rotatable bonds is 6. The third-order valence-corrected chi connectivity index (χ3v) is 3.88. The van der Waals surface area contributed by atoms with E-state index in [1.807, 2.05) is 43.7 Å². The fourth-order valence-electron chi connectivity index (χ4n) is 2.13. The van der Waals surface area contributed by atoms with E-state index in [2.05, 4.69) is 45.1 Å². The molecule has 0 bridgehead atoms. The molecule has 0 aliphatic heterocycles. The van der Waals surface area contributed by atoms with Crippen molar-refractivity contribution >= 4 is 27.5 Å². The van der Waals surface area contributed by atoms with Crippen molar-refractivity contribution in [3.8, 4) is 0 Å². The van der Waals surface area contributed by atoms with Crippen LogP contribution in [-0.2, 0) is 18.4 Å². The molecule has 22 heavy (non-hydrogen) atoms. The number of nitrogens with zero attached hydrogens (tertiary/aromatic N) is 3. The molecule has 2 aromatic rings. The molecule has 0 aliphatic carbocycles. The van der Waals surface area contributed by atoms with Gasteiger partial charge in [-0.1, -0.05) is 15.9 Å². The van der Waals surface area contributed by atoms with Gasteiger partial charge in [0.15, 0.2) is 0 Å². The van der Waals surface area contributed by atoms with Gasteiger partial charge in [-0.3, -0.25) is 14.4 Å². The predicted octanol–water partition coefficient (Wildman–Crippen LogP) is 3.03. The summed E-state index contributed by atoms with van der Waals surface area (Å²) in [4.78, 5) is 14.3. The Morgan fingerprint density at radius 1 is 1.36 bits per heavy atom. The molecular weight excluding hydrogens is 344 g/mol. The van der Waals surface area contributed by atoms with E-state index in [0.29, 0.717) is 13.1 Å². The second-order valence-electron chi connectivity index (χ2n) is 5.58. The summed E-state index contributed by atoms with van der Waals surface area (Å²) in [7, 11) is 1.89. The highest BCUT2D eigenvalue weighted by molar-refractivity contribution is 9.10. The minimum Gasteiger partial charge on any atom is -0.325 e. The Balaban J connectivity index is 1.95. The number of amides is 1. The number of halogens is 1. The maximum absolute atomic E-state index is 12.2. The second-order valence-corrected chi connectivity index (χ2v) is 6.49. The molecule has 1 aromatic heterocycles. The normalized spacial score (nSPS) is 11.2. The Labute approximate surface area is 139 Å². The molecule has 5 nitrogen and oxygen atoms in total. The first-order valence-electron chi connectivity index (χ1n) is 7.21. The van der Waals surface area contributed by atoms with E-state index in [4.69, 9.17) is 0 Å². The summed E-state index contributed by atoms with van der Waals surface area (Å²) in [5, 5.41) is 7.09. The lowest BCUT2D eigenvalue weighted by Crippen LogP contribution is -2.37. The van der Waals surface area contributed by atoms with E-state index in [-0.39, 0.29) is 11.9 Å². The van der Waals surface area contributed by atoms with E-state index in [1.165, 1.54) is 0 Å². The minimum absolute atomic E-state index is 0.0140. The van der Waals surface area contributed by atoms with Crippen molar-refractivity contribution in [2.75, 3.05) is 11.9 Å². The standard InChI is InChI=1S/C16H21BrN4O/c1-12(2)21(10-13-8-18-20(3)9-13)11-16(22)19-15-6-4-14(17)5-7-15/h4-9,12H,10-11H2,1-3H3,(H,19,22). The van der Waals surface area contributed by atoms with Gasteiger partial charge < -0.3 is 5.32 Å². The van der Waals surface area contributed by atoms with Crippen LogP contribution in [0.4, 0.5) is 5.69 Å². The topological polar surface area (TPSA) is 50.2 Å². The third-order valence-electron chi connectivity index (χ3n) is 3.35. The molecule has 0 fully saturated rings. The number of aromatic nitrogens is 2. The molecule has 1 aromatic carbocycles. The first-order valence-corrected chi connectivity index (χ1v) is 8.00. The Kier molecular flexibility index (Phi) is 5.74. The maximum Gasteiger partial charge on any atom is 0.238 e. The number of carbonyl (C=O) groups is 1. The number of benzene rings is 1. The summed E-state index contributed by atoms with van der Waals surface area (Å²) in [6, 6.07) is 7.85. The van der Waals surface area contributed by atoms with Crippen LogP contribution in [0, 0.1) is 0 Å². The van der Waals surface area contributed by atoms with E-state index in [1.54, 1.807) is 4.68 Å². The van der Waals surface area contributed by atoms with Crippen molar-refractivity contribution in [2.45, 2.75) is 26.4 Å². The maximum atomic E-state index is 12.2. The number of anilines is 1. The van der Waals surface area contributed by atoms with Gasteiger partial charge in [-0.25, -0.2) is 0 Å². The van der Waals surface area contributed by atoms with Crippen LogP contribution in [0.2, 0.25) is 0 Å². The van der Waals surface area contributed by atoms with Gasteiger partial charge >= 0.3 is 0 Å². The molecule has 1 N–H and O–H groups in total. The van der Waals surface area contributed by atoms with Crippen molar-refractivity contribution in [2.24, 2.45) is 7.05 Å². The lowest BCUT2D eigenvalue weighted by Gasteiger charge is -2.25. The summed E-state index contributed by atoms with van der Waals surface area (Å²) in [6.07, 6.45) is 3.81. The van der Waals surface area contributed by atoms with E-state index >= 15 is 0 Å². The third kappa shape index (κ3) is 4.96. The van der Waals surface area contributed by atoms with Gasteiger partial charge in [0.1, 0.15) is 0 Å². The van der Waals surface area contributed by atoms with Crippen LogP contribution < -0.4 is 5.32 Å². The number of hydrogen-bond acceptors (Lipinski definition) is 3. The van der Waals surface area contributed by atoms with Gasteiger partial charge in [0, 0.05) is 41.6 Å². The van der Waals surface area contributed by atoms with Crippen LogP contribution >= 0.6 is 15.9 Å². The highest BCUT2D eigenvalue weighted by atomic mass is 79.9. The molecule has 1 amide bonds. The molecule has 0 unspecified atom stereocenters. The zero-order valence-corrected chi connectivity index (χ0v) is 14.7. The van der Waals surface area contributed by atoms with Crippen LogP contribution in [0.25, 0.3) is 0 Å². The lowest BCUT2D eigenvalue weighted by atomic mass is 10.2. The number of nitrogens with one attached hydrogen (secondary N) is 1. The fourth-order valence-corrected chi connectivity index (χ4v) is 2.39. The van der Waals surface area contributed by atoms with E-state index in [9.17, 15) is 4.79 Å². The Bertz CT molecular complexity index is 621. The summed E-state index contributed by atoms with van der Waals surface area (Å²) < 4.78 is 2.77. The number of carbonyl (C=O) groups excluding carboxylic acids is 1. The van der Waals surface area contributed by atoms with Crippen LogP contribution in [-0.4, -0.2) is 33.2 Å². The molecule has 0 spiro atoms. The number of aryl methyl sites for hydroxylation is 1. The fraction of sp³-hybridized carbons (Fsp3) is 0.375.